The molecule has 2 fully saturated rings. The molecule has 2 atom stereocenters. The van der Waals surface area contributed by atoms with Gasteiger partial charge >= 0.3 is 0 Å². The predicted molar refractivity (Wildman–Crippen MR) is 114 cm³/mol. The Bertz CT molecular complexity index is 996. The molecule has 2 saturated heterocycles. The van der Waals surface area contributed by atoms with Crippen molar-refractivity contribution in [3.63, 3.8) is 0 Å². The molecule has 0 saturated carbocycles. The minimum absolute atomic E-state index is 0.0341. The molecule has 4 heterocycles. The number of carbonyl (C=O) groups excluding carboxylic acids is 1. The van der Waals surface area contributed by atoms with Crippen molar-refractivity contribution < 1.29 is 4.79 Å². The summed E-state index contributed by atoms with van der Waals surface area (Å²) >= 11 is 1.48. The predicted octanol–water partition coefficient (Wildman–Crippen LogP) is 3.11. The van der Waals surface area contributed by atoms with Crippen molar-refractivity contribution in [1.82, 2.24) is 19.8 Å². The van der Waals surface area contributed by atoms with E-state index in [9.17, 15) is 4.79 Å². The topological polar surface area (TPSA) is 64.3 Å². The molecule has 2 aliphatic heterocycles. The molecule has 2 aromatic heterocycles. The van der Waals surface area contributed by atoms with Gasteiger partial charge in [0.15, 0.2) is 5.13 Å². The summed E-state index contributed by atoms with van der Waals surface area (Å²) in [6.07, 6.45) is 3.23. The van der Waals surface area contributed by atoms with Crippen molar-refractivity contribution in [3.8, 4) is 11.3 Å². The molecule has 146 valence electrons. The fourth-order valence-corrected chi connectivity index (χ4v) is 5.40. The maximum Gasteiger partial charge on any atom is 0.240 e. The van der Waals surface area contributed by atoms with Gasteiger partial charge in [-0.15, -0.1) is 11.3 Å². The fraction of sp³-hybridized carbons (Fsp3) is 0.429. The van der Waals surface area contributed by atoms with Gasteiger partial charge < -0.3 is 15.2 Å². The van der Waals surface area contributed by atoms with Crippen LogP contribution in [0, 0.1) is 11.8 Å². The second-order valence-corrected chi connectivity index (χ2v) is 8.96. The highest BCUT2D eigenvalue weighted by Crippen LogP contribution is 2.32. The van der Waals surface area contributed by atoms with Crippen LogP contribution < -0.4 is 5.32 Å². The van der Waals surface area contributed by atoms with Gasteiger partial charge in [0.1, 0.15) is 0 Å². The number of H-pyrrole nitrogens is 1. The number of nitrogens with one attached hydrogen (secondary N) is 2. The number of rotatable bonds is 4. The van der Waals surface area contributed by atoms with E-state index in [2.05, 4.69) is 44.3 Å². The molecule has 0 aliphatic carbocycles. The van der Waals surface area contributed by atoms with Crippen LogP contribution in [0.4, 0.5) is 5.13 Å². The van der Waals surface area contributed by atoms with E-state index in [0.717, 1.165) is 47.7 Å². The zero-order valence-corrected chi connectivity index (χ0v) is 16.8. The molecule has 0 unspecified atom stereocenters. The van der Waals surface area contributed by atoms with Gasteiger partial charge in [0.05, 0.1) is 12.2 Å². The van der Waals surface area contributed by atoms with E-state index in [1.54, 1.807) is 0 Å². The highest BCUT2D eigenvalue weighted by molar-refractivity contribution is 7.14. The summed E-state index contributed by atoms with van der Waals surface area (Å²) in [6.45, 7) is 4.87. The number of aromatic amines is 1. The summed E-state index contributed by atoms with van der Waals surface area (Å²) < 4.78 is 0. The number of anilines is 1. The van der Waals surface area contributed by atoms with Crippen LogP contribution in [0.1, 0.15) is 6.42 Å². The molecule has 3 aromatic rings. The zero-order chi connectivity index (χ0) is 19.1. The molecule has 0 spiro atoms. The van der Waals surface area contributed by atoms with E-state index < -0.39 is 0 Å². The van der Waals surface area contributed by atoms with Gasteiger partial charge in [-0.25, -0.2) is 4.98 Å². The van der Waals surface area contributed by atoms with Crippen molar-refractivity contribution in [1.29, 1.82) is 0 Å². The van der Waals surface area contributed by atoms with Crippen molar-refractivity contribution in [3.05, 3.63) is 35.8 Å². The lowest BCUT2D eigenvalue weighted by atomic mass is 9.89. The van der Waals surface area contributed by atoms with Gasteiger partial charge in [-0.1, -0.05) is 18.2 Å². The first-order valence-electron chi connectivity index (χ1n) is 9.88. The number of carbonyl (C=O) groups is 1. The molecule has 2 aliphatic rings. The molecular weight excluding hydrogens is 370 g/mol. The van der Waals surface area contributed by atoms with Crippen molar-refractivity contribution in [2.24, 2.45) is 11.8 Å². The zero-order valence-electron chi connectivity index (χ0n) is 16.0. The highest BCUT2D eigenvalue weighted by Gasteiger charge is 2.36. The van der Waals surface area contributed by atoms with E-state index in [1.807, 2.05) is 23.7 Å². The molecule has 7 heteroatoms. The Morgan fingerprint density at radius 3 is 3.07 bits per heavy atom. The Labute approximate surface area is 168 Å². The SMILES string of the molecule is CN1CC[C@@H]2CN(CC(=O)Nc3nc(-c4c[nH]c5ccccc45)cs3)C[C@@H]2C1. The molecule has 1 aromatic carbocycles. The first kappa shape index (κ1) is 17.8. The number of hydrogen-bond donors (Lipinski definition) is 2. The molecule has 2 N–H and O–H groups in total. The molecule has 6 nitrogen and oxygen atoms in total. The van der Waals surface area contributed by atoms with Crippen LogP contribution >= 0.6 is 11.3 Å². The van der Waals surface area contributed by atoms with Crippen LogP contribution in [0.5, 0.6) is 0 Å². The average molecular weight is 396 g/mol. The third kappa shape index (κ3) is 3.45. The van der Waals surface area contributed by atoms with E-state index in [0.29, 0.717) is 17.6 Å². The van der Waals surface area contributed by atoms with Gasteiger partial charge in [0, 0.05) is 47.7 Å². The molecule has 1 amide bonds. The van der Waals surface area contributed by atoms with E-state index in [-0.39, 0.29) is 5.91 Å². The lowest BCUT2D eigenvalue weighted by molar-refractivity contribution is -0.117. The summed E-state index contributed by atoms with van der Waals surface area (Å²) in [4.78, 5) is 25.2. The summed E-state index contributed by atoms with van der Waals surface area (Å²) in [6, 6.07) is 8.18. The Kier molecular flexibility index (Phi) is 4.66. The number of piperidine rings is 1. The van der Waals surface area contributed by atoms with Gasteiger partial charge in [-0.2, -0.15) is 0 Å². The molecule has 5 rings (SSSR count). The Hall–Kier alpha value is -2.22. The highest BCUT2D eigenvalue weighted by atomic mass is 32.1. The maximum atomic E-state index is 12.5. The normalized spacial score (nSPS) is 23.2. The minimum atomic E-state index is 0.0341. The van der Waals surface area contributed by atoms with Crippen LogP contribution in [-0.4, -0.2) is 65.4 Å². The van der Waals surface area contributed by atoms with E-state index >= 15 is 0 Å². The summed E-state index contributed by atoms with van der Waals surface area (Å²) in [7, 11) is 2.19. The third-order valence-corrected chi connectivity index (χ3v) is 6.82. The number of benzene rings is 1. The van der Waals surface area contributed by atoms with Crippen LogP contribution in [0.2, 0.25) is 0 Å². The average Bonchev–Trinajstić information content (AvgIpc) is 3.38. The van der Waals surface area contributed by atoms with E-state index in [4.69, 9.17) is 0 Å². The maximum absolute atomic E-state index is 12.5. The number of likely N-dealkylation sites (tertiary alicyclic amines) is 2. The largest absolute Gasteiger partial charge is 0.360 e. The van der Waals surface area contributed by atoms with Crippen LogP contribution in [-0.2, 0) is 4.79 Å². The number of aromatic nitrogens is 2. The number of thiazole rings is 1. The minimum Gasteiger partial charge on any atom is -0.360 e. The first-order chi connectivity index (χ1) is 13.7. The lowest BCUT2D eigenvalue weighted by Gasteiger charge is -2.31. The number of fused-ring (bicyclic) bond motifs is 2. The fourth-order valence-electron chi connectivity index (χ4n) is 4.68. The molecule has 0 radical (unpaired) electrons. The number of hydrogen-bond acceptors (Lipinski definition) is 5. The Morgan fingerprint density at radius 2 is 2.14 bits per heavy atom. The third-order valence-electron chi connectivity index (χ3n) is 6.06. The van der Waals surface area contributed by atoms with Crippen molar-refractivity contribution in [2.45, 2.75) is 6.42 Å². The number of para-hydroxylation sites is 1. The quantitative estimate of drug-likeness (QED) is 0.712. The van der Waals surface area contributed by atoms with Gasteiger partial charge in [-0.05, 0) is 37.9 Å². The standard InChI is InChI=1S/C21H25N5OS/c1-25-7-6-14-10-26(11-15(14)9-25)12-20(27)24-21-23-19(13-28-21)17-8-22-18-5-3-2-4-16(17)18/h2-5,8,13-15,22H,6-7,9-12H2,1H3,(H,23,24,27)/t14-,15+/m1/s1. The van der Waals surface area contributed by atoms with Crippen LogP contribution in [0.3, 0.4) is 0 Å². The van der Waals surface area contributed by atoms with Crippen molar-refractivity contribution >= 4 is 33.3 Å². The monoisotopic (exact) mass is 395 g/mol. The van der Waals surface area contributed by atoms with E-state index in [1.165, 1.54) is 24.3 Å². The smallest absolute Gasteiger partial charge is 0.240 e. The van der Waals surface area contributed by atoms with Gasteiger partial charge in [0.2, 0.25) is 5.91 Å². The Morgan fingerprint density at radius 1 is 1.29 bits per heavy atom. The second-order valence-electron chi connectivity index (χ2n) is 8.10. The Balaban J connectivity index is 1.22. The molecular formula is C21H25N5OS. The van der Waals surface area contributed by atoms with Crippen LogP contribution in [0.25, 0.3) is 22.2 Å². The first-order valence-corrected chi connectivity index (χ1v) is 10.8. The second kappa shape index (κ2) is 7.31. The van der Waals surface area contributed by atoms with Gasteiger partial charge in [-0.3, -0.25) is 9.69 Å². The number of amides is 1. The summed E-state index contributed by atoms with van der Waals surface area (Å²) in [5, 5.41) is 6.82. The lowest BCUT2D eigenvalue weighted by Crippen LogP contribution is -2.37. The van der Waals surface area contributed by atoms with Crippen molar-refractivity contribution in [2.75, 3.05) is 45.1 Å². The summed E-state index contributed by atoms with van der Waals surface area (Å²) in [5.74, 6) is 1.49. The van der Waals surface area contributed by atoms with Gasteiger partial charge in [0.25, 0.3) is 0 Å². The summed E-state index contributed by atoms with van der Waals surface area (Å²) in [5.41, 5.74) is 3.06. The molecule has 28 heavy (non-hydrogen) atoms. The van der Waals surface area contributed by atoms with Crippen LogP contribution in [0.15, 0.2) is 35.8 Å². The number of nitrogens with zero attached hydrogens (tertiary/aromatic N) is 3. The molecule has 0 bridgehead atoms.